The lowest BCUT2D eigenvalue weighted by Crippen LogP contribution is -2.18. The number of rotatable bonds is 7. The number of pyridine rings is 1. The van der Waals surface area contributed by atoms with E-state index in [4.69, 9.17) is 10.5 Å². The van der Waals surface area contributed by atoms with E-state index >= 15 is 0 Å². The van der Waals surface area contributed by atoms with Crippen molar-refractivity contribution in [2.75, 3.05) is 29.5 Å². The molecule has 0 spiro atoms. The summed E-state index contributed by atoms with van der Waals surface area (Å²) in [6.45, 7) is 1.74. The van der Waals surface area contributed by atoms with Crippen LogP contribution in [0.1, 0.15) is 12.5 Å². The number of carbonyl (C=O) groups is 1. The summed E-state index contributed by atoms with van der Waals surface area (Å²) in [6.07, 6.45) is -0.772. The van der Waals surface area contributed by atoms with E-state index in [2.05, 4.69) is 20.8 Å². The van der Waals surface area contributed by atoms with E-state index in [-0.39, 0.29) is 36.2 Å². The maximum atomic E-state index is 11.5. The van der Waals surface area contributed by atoms with Crippen LogP contribution in [-0.2, 0) is 4.74 Å². The minimum absolute atomic E-state index is 0.00335. The van der Waals surface area contributed by atoms with Gasteiger partial charge in [0.05, 0.1) is 18.1 Å². The molecule has 0 saturated carbocycles. The first kappa shape index (κ1) is 19.4. The van der Waals surface area contributed by atoms with Crippen LogP contribution in [0, 0.1) is 10.1 Å². The summed E-state index contributed by atoms with van der Waals surface area (Å²) in [5, 5.41) is 28.9. The van der Waals surface area contributed by atoms with Crippen LogP contribution in [0.4, 0.5) is 27.8 Å². The highest BCUT2D eigenvalue weighted by Crippen LogP contribution is 2.32. The van der Waals surface area contributed by atoms with Gasteiger partial charge in [-0.2, -0.15) is 0 Å². The van der Waals surface area contributed by atoms with Crippen molar-refractivity contribution in [2.24, 2.45) is 5.16 Å². The average molecular weight is 374 g/mol. The molecule has 0 fully saturated rings. The van der Waals surface area contributed by atoms with Crippen LogP contribution < -0.4 is 16.4 Å². The lowest BCUT2D eigenvalue weighted by molar-refractivity contribution is -0.383. The van der Waals surface area contributed by atoms with Gasteiger partial charge in [0.25, 0.3) is 0 Å². The average Bonchev–Trinajstić information content (AvgIpc) is 2.62. The molecule has 0 saturated heterocycles. The van der Waals surface area contributed by atoms with E-state index in [0.29, 0.717) is 5.56 Å². The lowest BCUT2D eigenvalue weighted by Gasteiger charge is -2.12. The second-order valence-corrected chi connectivity index (χ2v) is 5.16. The van der Waals surface area contributed by atoms with Gasteiger partial charge in [-0.1, -0.05) is 35.5 Å². The first-order chi connectivity index (χ1) is 13.0. The lowest BCUT2D eigenvalue weighted by atomic mass is 10.1. The Morgan fingerprint density at radius 3 is 2.70 bits per heavy atom. The molecular weight excluding hydrogens is 356 g/mol. The molecule has 1 heterocycles. The monoisotopic (exact) mass is 374 g/mol. The Morgan fingerprint density at radius 2 is 2.11 bits per heavy atom. The van der Waals surface area contributed by atoms with Crippen molar-refractivity contribution in [3.63, 3.8) is 0 Å². The minimum Gasteiger partial charge on any atom is -0.450 e. The number of nitrogens with zero attached hydrogens (tertiary/aromatic N) is 3. The van der Waals surface area contributed by atoms with Crippen LogP contribution in [0.3, 0.4) is 0 Å². The van der Waals surface area contributed by atoms with Crippen molar-refractivity contribution in [3.05, 3.63) is 52.1 Å². The highest BCUT2D eigenvalue weighted by Gasteiger charge is 2.22. The largest absolute Gasteiger partial charge is 0.450 e. The summed E-state index contributed by atoms with van der Waals surface area (Å²) < 4.78 is 4.74. The third kappa shape index (κ3) is 5.04. The summed E-state index contributed by atoms with van der Waals surface area (Å²) in [7, 11) is 0. The minimum atomic E-state index is -0.772. The molecule has 0 atom stereocenters. The van der Waals surface area contributed by atoms with E-state index in [1.54, 1.807) is 37.3 Å². The normalized spacial score (nSPS) is 10.9. The summed E-state index contributed by atoms with van der Waals surface area (Å²) >= 11 is 0. The van der Waals surface area contributed by atoms with Gasteiger partial charge in [0, 0.05) is 11.6 Å². The number of anilines is 3. The number of hydrogen-bond donors (Lipinski definition) is 4. The van der Waals surface area contributed by atoms with E-state index in [9.17, 15) is 20.1 Å². The Morgan fingerprint density at radius 1 is 1.41 bits per heavy atom. The number of nitrogens with two attached hydrogens (primary N) is 1. The topological polar surface area (TPSA) is 165 Å². The fourth-order valence-corrected chi connectivity index (χ4v) is 2.23. The summed E-state index contributed by atoms with van der Waals surface area (Å²) in [6, 6.07) is 10.0. The fraction of sp³-hybridized carbons (Fsp3) is 0.188. The number of benzene rings is 1. The predicted molar refractivity (Wildman–Crippen MR) is 99.2 cm³/mol. The number of carbonyl (C=O) groups excluding carboxylic acids is 1. The highest BCUT2D eigenvalue weighted by molar-refractivity contribution is 6.03. The zero-order valence-corrected chi connectivity index (χ0v) is 14.4. The molecule has 27 heavy (non-hydrogen) atoms. The molecule has 11 nitrogen and oxygen atoms in total. The van der Waals surface area contributed by atoms with Crippen LogP contribution in [0.15, 0.2) is 41.6 Å². The smallest absolute Gasteiger partial charge is 0.412 e. The molecule has 142 valence electrons. The number of nitrogens with one attached hydrogen (secondary N) is 2. The number of oxime groups is 1. The van der Waals surface area contributed by atoms with Gasteiger partial charge in [-0.25, -0.2) is 9.78 Å². The molecule has 0 aliphatic rings. The predicted octanol–water partition coefficient (Wildman–Crippen LogP) is 2.43. The zero-order chi connectivity index (χ0) is 19.8. The maximum Gasteiger partial charge on any atom is 0.412 e. The van der Waals surface area contributed by atoms with E-state index in [0.717, 1.165) is 0 Å². The van der Waals surface area contributed by atoms with Gasteiger partial charge < -0.3 is 21.0 Å². The Kier molecular flexibility index (Phi) is 6.47. The van der Waals surface area contributed by atoms with E-state index < -0.39 is 16.7 Å². The third-order valence-corrected chi connectivity index (χ3v) is 3.38. The zero-order valence-electron chi connectivity index (χ0n) is 14.4. The van der Waals surface area contributed by atoms with Crippen molar-refractivity contribution < 1.29 is 19.7 Å². The number of nitro groups is 1. The van der Waals surface area contributed by atoms with Crippen LogP contribution in [0.25, 0.3) is 0 Å². The van der Waals surface area contributed by atoms with E-state index in [1.165, 1.54) is 6.07 Å². The van der Waals surface area contributed by atoms with E-state index in [1.807, 2.05) is 0 Å². The maximum absolute atomic E-state index is 11.5. The molecule has 2 aromatic rings. The second kappa shape index (κ2) is 8.99. The molecule has 0 radical (unpaired) electrons. The number of aromatic nitrogens is 1. The fourth-order valence-electron chi connectivity index (χ4n) is 2.23. The van der Waals surface area contributed by atoms with Crippen molar-refractivity contribution >= 4 is 34.8 Å². The van der Waals surface area contributed by atoms with Crippen molar-refractivity contribution in [1.29, 1.82) is 0 Å². The Balaban J connectivity index is 2.28. The van der Waals surface area contributed by atoms with Crippen LogP contribution in [0.5, 0.6) is 0 Å². The first-order valence-electron chi connectivity index (χ1n) is 7.85. The molecule has 0 aliphatic heterocycles. The molecule has 1 amide bonds. The molecule has 1 aromatic carbocycles. The number of hydrogen-bond acceptors (Lipinski definition) is 9. The Labute approximate surface area is 154 Å². The number of nitrogen functional groups attached to an aromatic ring is 1. The van der Waals surface area contributed by atoms with Crippen LogP contribution in [0.2, 0.25) is 0 Å². The third-order valence-electron chi connectivity index (χ3n) is 3.38. The van der Waals surface area contributed by atoms with Crippen LogP contribution >= 0.6 is 0 Å². The molecule has 0 aliphatic carbocycles. The highest BCUT2D eigenvalue weighted by atomic mass is 16.6. The van der Waals surface area contributed by atoms with Crippen molar-refractivity contribution in [2.45, 2.75) is 6.92 Å². The van der Waals surface area contributed by atoms with Gasteiger partial charge in [0.2, 0.25) is 5.82 Å². The number of ether oxygens (including phenoxy) is 1. The van der Waals surface area contributed by atoms with Gasteiger partial charge in [0.15, 0.2) is 0 Å². The molecule has 0 bridgehead atoms. The quantitative estimate of drug-likeness (QED) is 0.248. The first-order valence-corrected chi connectivity index (χ1v) is 7.85. The standard InChI is InChI=1S/C16H18N6O5/c1-2-27-16(23)20-13-8-11(14(22(25)26)15(17)19-13)18-9-12(21-24)10-6-4-3-5-7-10/h3-8,24H,2,9H2,1H3,(H4,17,18,19,20,23). The Bertz CT molecular complexity index is 856. The van der Waals surface area contributed by atoms with Crippen LogP contribution in [-0.4, -0.2) is 40.1 Å². The molecule has 0 unspecified atom stereocenters. The SMILES string of the molecule is CCOC(=O)Nc1cc(NCC(=NO)c2ccccc2)c([N+](=O)[O-])c(N)n1. The number of amides is 1. The van der Waals surface area contributed by atoms with Gasteiger partial charge in [-0.15, -0.1) is 0 Å². The van der Waals surface area contributed by atoms with Gasteiger partial charge in [-0.05, 0) is 6.92 Å². The summed E-state index contributed by atoms with van der Waals surface area (Å²) in [5.41, 5.74) is 6.07. The van der Waals surface area contributed by atoms with Crippen molar-refractivity contribution in [1.82, 2.24) is 4.98 Å². The van der Waals surface area contributed by atoms with Gasteiger partial charge in [-0.3, -0.25) is 15.4 Å². The van der Waals surface area contributed by atoms with Gasteiger partial charge in [0.1, 0.15) is 17.2 Å². The molecule has 5 N–H and O–H groups in total. The summed E-state index contributed by atoms with van der Waals surface area (Å²) in [5.74, 6) is -0.416. The second-order valence-electron chi connectivity index (χ2n) is 5.16. The van der Waals surface area contributed by atoms with Crippen molar-refractivity contribution in [3.8, 4) is 0 Å². The molecule has 1 aromatic heterocycles. The molecular formula is C16H18N6O5. The summed E-state index contributed by atoms with van der Waals surface area (Å²) in [4.78, 5) is 25.9. The Hall–Kier alpha value is -3.89. The molecule has 11 heteroatoms. The van der Waals surface area contributed by atoms with Gasteiger partial charge >= 0.3 is 11.8 Å². The molecule has 2 rings (SSSR count).